The Bertz CT molecular complexity index is 492. The van der Waals surface area contributed by atoms with Crippen LogP contribution in [-0.4, -0.2) is 61.7 Å². The van der Waals surface area contributed by atoms with E-state index < -0.39 is 0 Å². The molecule has 6 nitrogen and oxygen atoms in total. The van der Waals surface area contributed by atoms with Gasteiger partial charge >= 0.3 is 6.09 Å². The van der Waals surface area contributed by atoms with Crippen LogP contribution in [0.4, 0.5) is 4.79 Å². The zero-order valence-corrected chi connectivity index (χ0v) is 12.9. The number of ether oxygens (including phenoxy) is 2. The molecule has 1 aliphatic rings. The molecule has 1 saturated heterocycles. The fourth-order valence-electron chi connectivity index (χ4n) is 2.41. The summed E-state index contributed by atoms with van der Waals surface area (Å²) in [5.74, 6) is 0.825. The van der Waals surface area contributed by atoms with Gasteiger partial charge in [-0.15, -0.1) is 0 Å². The van der Waals surface area contributed by atoms with E-state index in [4.69, 9.17) is 9.47 Å². The van der Waals surface area contributed by atoms with Crippen molar-refractivity contribution in [3.05, 3.63) is 30.3 Å². The van der Waals surface area contributed by atoms with Gasteiger partial charge in [0.15, 0.2) is 0 Å². The van der Waals surface area contributed by atoms with Crippen molar-refractivity contribution >= 4 is 12.0 Å². The van der Waals surface area contributed by atoms with E-state index in [0.717, 1.165) is 12.2 Å². The zero-order chi connectivity index (χ0) is 15.8. The smallest absolute Gasteiger partial charge is 0.409 e. The minimum absolute atomic E-state index is 0.0580. The Hall–Kier alpha value is -2.24. The molecule has 6 heteroatoms. The maximum atomic E-state index is 12.2. The summed E-state index contributed by atoms with van der Waals surface area (Å²) < 4.78 is 10.3. The molecule has 0 saturated carbocycles. The normalized spacial score (nSPS) is 15.1. The fraction of sp³-hybridized carbons (Fsp3) is 0.500. The van der Waals surface area contributed by atoms with E-state index in [1.54, 1.807) is 9.80 Å². The summed E-state index contributed by atoms with van der Waals surface area (Å²) in [4.78, 5) is 27.1. The number of hydrogen-bond acceptors (Lipinski definition) is 4. The molecular formula is C16H22N2O4. The number of methoxy groups -OCH3 is 1. The summed E-state index contributed by atoms with van der Waals surface area (Å²) in [6.45, 7) is 2.70. The van der Waals surface area contributed by atoms with Gasteiger partial charge in [0.05, 0.1) is 20.1 Å². The van der Waals surface area contributed by atoms with Crippen LogP contribution in [0.2, 0.25) is 0 Å². The van der Waals surface area contributed by atoms with E-state index in [1.807, 2.05) is 30.3 Å². The molecule has 1 aliphatic heterocycles. The highest BCUT2D eigenvalue weighted by Crippen LogP contribution is 2.10. The third-order valence-corrected chi connectivity index (χ3v) is 3.61. The Morgan fingerprint density at radius 2 is 1.73 bits per heavy atom. The lowest BCUT2D eigenvalue weighted by atomic mass is 10.3. The van der Waals surface area contributed by atoms with Crippen LogP contribution in [0, 0.1) is 0 Å². The Kier molecular flexibility index (Phi) is 6.06. The summed E-state index contributed by atoms with van der Waals surface area (Å²) in [6, 6.07) is 9.44. The molecule has 0 spiro atoms. The first-order chi connectivity index (χ1) is 10.7. The highest BCUT2D eigenvalue weighted by Gasteiger charge is 2.22. The quantitative estimate of drug-likeness (QED) is 0.850. The van der Waals surface area contributed by atoms with Gasteiger partial charge in [-0.1, -0.05) is 18.2 Å². The molecule has 0 N–H and O–H groups in total. The molecule has 1 fully saturated rings. The van der Waals surface area contributed by atoms with Crippen molar-refractivity contribution in [2.75, 3.05) is 39.9 Å². The summed E-state index contributed by atoms with van der Waals surface area (Å²) in [5, 5.41) is 0. The molecule has 1 heterocycles. The van der Waals surface area contributed by atoms with Crippen LogP contribution in [0.15, 0.2) is 30.3 Å². The number of carbonyl (C=O) groups excluding carboxylic acids is 2. The third-order valence-electron chi connectivity index (χ3n) is 3.61. The van der Waals surface area contributed by atoms with E-state index >= 15 is 0 Å². The number of carbonyl (C=O) groups is 2. The zero-order valence-electron chi connectivity index (χ0n) is 12.9. The maximum Gasteiger partial charge on any atom is 0.409 e. The number of benzene rings is 1. The van der Waals surface area contributed by atoms with Crippen LogP contribution in [0.5, 0.6) is 5.75 Å². The van der Waals surface area contributed by atoms with Crippen LogP contribution >= 0.6 is 0 Å². The monoisotopic (exact) mass is 306 g/mol. The van der Waals surface area contributed by atoms with Gasteiger partial charge in [-0.2, -0.15) is 0 Å². The SMILES string of the molecule is COC(=O)N1CCCN(C(=O)CCOc2ccccc2)CC1. The third kappa shape index (κ3) is 4.65. The van der Waals surface area contributed by atoms with Gasteiger partial charge in [-0.05, 0) is 18.6 Å². The van der Waals surface area contributed by atoms with Gasteiger partial charge in [0.2, 0.25) is 5.91 Å². The molecule has 0 radical (unpaired) electrons. The van der Waals surface area contributed by atoms with Crippen molar-refractivity contribution < 1.29 is 19.1 Å². The van der Waals surface area contributed by atoms with Crippen LogP contribution in [0.25, 0.3) is 0 Å². The van der Waals surface area contributed by atoms with Gasteiger partial charge in [-0.25, -0.2) is 4.79 Å². The number of amides is 2. The van der Waals surface area contributed by atoms with Gasteiger partial charge < -0.3 is 19.3 Å². The fourth-order valence-corrected chi connectivity index (χ4v) is 2.41. The highest BCUT2D eigenvalue weighted by molar-refractivity contribution is 5.76. The largest absolute Gasteiger partial charge is 0.493 e. The molecule has 2 rings (SSSR count). The second kappa shape index (κ2) is 8.26. The Labute approximate surface area is 130 Å². The lowest BCUT2D eigenvalue weighted by molar-refractivity contribution is -0.131. The van der Waals surface area contributed by atoms with Gasteiger partial charge in [0, 0.05) is 26.2 Å². The van der Waals surface area contributed by atoms with Crippen molar-refractivity contribution in [1.82, 2.24) is 9.80 Å². The van der Waals surface area contributed by atoms with Crippen molar-refractivity contribution in [3.8, 4) is 5.75 Å². The first-order valence-electron chi connectivity index (χ1n) is 7.49. The van der Waals surface area contributed by atoms with Crippen LogP contribution in [0.1, 0.15) is 12.8 Å². The molecule has 0 atom stereocenters. The number of rotatable bonds is 4. The second-order valence-electron chi connectivity index (χ2n) is 5.10. The highest BCUT2D eigenvalue weighted by atomic mass is 16.5. The molecule has 1 aromatic rings. The second-order valence-corrected chi connectivity index (χ2v) is 5.10. The van der Waals surface area contributed by atoms with E-state index in [-0.39, 0.29) is 12.0 Å². The van der Waals surface area contributed by atoms with Gasteiger partial charge in [0.25, 0.3) is 0 Å². The van der Waals surface area contributed by atoms with E-state index in [1.165, 1.54) is 7.11 Å². The van der Waals surface area contributed by atoms with E-state index in [0.29, 0.717) is 39.2 Å². The first kappa shape index (κ1) is 16.1. The summed E-state index contributed by atoms with van der Waals surface area (Å²) in [5.41, 5.74) is 0. The maximum absolute atomic E-state index is 12.2. The molecule has 2 amide bonds. The molecule has 120 valence electrons. The van der Waals surface area contributed by atoms with E-state index in [2.05, 4.69) is 0 Å². The van der Waals surface area contributed by atoms with Crippen molar-refractivity contribution in [3.63, 3.8) is 0 Å². The molecule has 0 aromatic heterocycles. The average Bonchev–Trinajstić information content (AvgIpc) is 2.81. The molecule has 0 unspecified atom stereocenters. The summed E-state index contributed by atoms with van der Waals surface area (Å²) >= 11 is 0. The molecule has 22 heavy (non-hydrogen) atoms. The van der Waals surface area contributed by atoms with Gasteiger partial charge in [0.1, 0.15) is 5.75 Å². The number of hydrogen-bond donors (Lipinski definition) is 0. The number of nitrogens with zero attached hydrogens (tertiary/aromatic N) is 2. The van der Waals surface area contributed by atoms with Crippen LogP contribution in [-0.2, 0) is 9.53 Å². The minimum Gasteiger partial charge on any atom is -0.493 e. The topological polar surface area (TPSA) is 59.1 Å². The summed E-state index contributed by atoms with van der Waals surface area (Å²) in [7, 11) is 1.37. The average molecular weight is 306 g/mol. The lowest BCUT2D eigenvalue weighted by Gasteiger charge is -2.21. The molecular weight excluding hydrogens is 284 g/mol. The molecule has 0 aliphatic carbocycles. The van der Waals surface area contributed by atoms with E-state index in [9.17, 15) is 9.59 Å². The Balaban J connectivity index is 1.74. The predicted octanol–water partition coefficient (Wildman–Crippen LogP) is 1.76. The van der Waals surface area contributed by atoms with Crippen molar-refractivity contribution in [1.29, 1.82) is 0 Å². The van der Waals surface area contributed by atoms with Crippen molar-refractivity contribution in [2.45, 2.75) is 12.8 Å². The number of para-hydroxylation sites is 1. The predicted molar refractivity (Wildman–Crippen MR) is 81.7 cm³/mol. The Morgan fingerprint density at radius 3 is 2.45 bits per heavy atom. The minimum atomic E-state index is -0.332. The van der Waals surface area contributed by atoms with Crippen LogP contribution in [0.3, 0.4) is 0 Å². The Morgan fingerprint density at radius 1 is 1.05 bits per heavy atom. The molecule has 1 aromatic carbocycles. The van der Waals surface area contributed by atoms with Gasteiger partial charge in [-0.3, -0.25) is 4.79 Å². The molecule has 0 bridgehead atoms. The summed E-state index contributed by atoms with van der Waals surface area (Å²) in [6.07, 6.45) is 0.773. The lowest BCUT2D eigenvalue weighted by Crippen LogP contribution is -2.37. The van der Waals surface area contributed by atoms with Crippen molar-refractivity contribution in [2.24, 2.45) is 0 Å². The first-order valence-corrected chi connectivity index (χ1v) is 7.49. The standard InChI is InChI=1S/C16H22N2O4/c1-21-16(20)18-10-5-9-17(11-12-18)15(19)8-13-22-14-6-3-2-4-7-14/h2-4,6-7H,5,8-13H2,1H3. The van der Waals surface area contributed by atoms with Crippen LogP contribution < -0.4 is 4.74 Å².